The smallest absolute Gasteiger partial charge is 0.0940 e. The van der Waals surface area contributed by atoms with Crippen molar-refractivity contribution in [2.45, 2.75) is 26.9 Å². The summed E-state index contributed by atoms with van der Waals surface area (Å²) in [6, 6.07) is 0. The summed E-state index contributed by atoms with van der Waals surface area (Å²) in [7, 11) is -0.896. The summed E-state index contributed by atoms with van der Waals surface area (Å²) >= 11 is 0. The Balaban J connectivity index is 2.60. The first-order chi connectivity index (χ1) is 5.47. The lowest BCUT2D eigenvalue weighted by Gasteiger charge is -2.20. The maximum absolute atomic E-state index is 11.4. The Kier molecular flexibility index (Phi) is 2.91. The van der Waals surface area contributed by atoms with E-state index in [0.717, 1.165) is 6.54 Å². The molecule has 0 aromatic rings. The molecule has 4 heteroatoms. The zero-order valence-corrected chi connectivity index (χ0v) is 8.73. The van der Waals surface area contributed by atoms with Gasteiger partial charge >= 0.3 is 0 Å². The summed E-state index contributed by atoms with van der Waals surface area (Å²) in [6.45, 7) is 7.19. The maximum Gasteiger partial charge on any atom is 0.0940 e. The minimum Gasteiger partial charge on any atom is -0.391 e. The Morgan fingerprint density at radius 2 is 2.25 bits per heavy atom. The molecule has 0 saturated carbocycles. The molecule has 1 fully saturated rings. The molecule has 72 valence electrons. The predicted molar refractivity (Wildman–Crippen MR) is 50.0 cm³/mol. The van der Waals surface area contributed by atoms with Crippen molar-refractivity contribution >= 4 is 11.0 Å². The van der Waals surface area contributed by atoms with Gasteiger partial charge in [0.05, 0.1) is 17.1 Å². The number of hydrogen-bond acceptors (Lipinski definition) is 2. The van der Waals surface area contributed by atoms with Crippen LogP contribution in [0.15, 0.2) is 0 Å². The highest BCUT2D eigenvalue weighted by molar-refractivity contribution is 7.82. The van der Waals surface area contributed by atoms with Crippen LogP contribution in [-0.4, -0.2) is 38.6 Å². The number of rotatable bonds is 2. The molecule has 1 saturated heterocycles. The number of aliphatic hydroxyl groups is 1. The fourth-order valence-corrected chi connectivity index (χ4v) is 2.55. The fourth-order valence-electron chi connectivity index (χ4n) is 1.40. The molecule has 0 aromatic heterocycles. The van der Waals surface area contributed by atoms with Gasteiger partial charge in [-0.15, -0.1) is 0 Å². The number of nitrogens with zero attached hydrogens (tertiary/aromatic N) is 1. The lowest BCUT2D eigenvalue weighted by atomic mass is 9.90. The largest absolute Gasteiger partial charge is 0.391 e. The van der Waals surface area contributed by atoms with Gasteiger partial charge in [-0.25, -0.2) is 8.51 Å². The summed E-state index contributed by atoms with van der Waals surface area (Å²) < 4.78 is 13.2. The van der Waals surface area contributed by atoms with E-state index in [0.29, 0.717) is 12.3 Å². The Morgan fingerprint density at radius 1 is 1.67 bits per heavy atom. The van der Waals surface area contributed by atoms with E-state index >= 15 is 0 Å². The van der Waals surface area contributed by atoms with Gasteiger partial charge in [0.15, 0.2) is 0 Å². The number of aliphatic hydroxyl groups excluding tert-OH is 1. The van der Waals surface area contributed by atoms with Gasteiger partial charge in [-0.2, -0.15) is 0 Å². The van der Waals surface area contributed by atoms with Crippen LogP contribution in [0.2, 0.25) is 0 Å². The van der Waals surface area contributed by atoms with E-state index in [1.807, 2.05) is 25.1 Å². The monoisotopic (exact) mass is 191 g/mol. The summed E-state index contributed by atoms with van der Waals surface area (Å²) in [5.41, 5.74) is -0.106. The average molecular weight is 191 g/mol. The Morgan fingerprint density at radius 3 is 2.58 bits per heavy atom. The molecule has 1 aliphatic rings. The third-order valence-electron chi connectivity index (χ3n) is 2.40. The van der Waals surface area contributed by atoms with Crippen LogP contribution in [0.5, 0.6) is 0 Å². The Bertz CT molecular complexity index is 193. The van der Waals surface area contributed by atoms with E-state index in [1.165, 1.54) is 0 Å². The van der Waals surface area contributed by atoms with Gasteiger partial charge < -0.3 is 5.11 Å². The fraction of sp³-hybridized carbons (Fsp3) is 1.00. The molecule has 12 heavy (non-hydrogen) atoms. The van der Waals surface area contributed by atoms with E-state index in [-0.39, 0.29) is 11.5 Å². The molecule has 1 rings (SSSR count). The maximum atomic E-state index is 11.4. The zero-order valence-electron chi connectivity index (χ0n) is 7.91. The highest BCUT2D eigenvalue weighted by Crippen LogP contribution is 2.30. The second-order valence-corrected chi connectivity index (χ2v) is 5.67. The van der Waals surface area contributed by atoms with Crippen LogP contribution in [0.25, 0.3) is 0 Å². The van der Waals surface area contributed by atoms with Gasteiger partial charge in [-0.05, 0) is 0 Å². The molecule has 1 aliphatic heterocycles. The molecule has 3 nitrogen and oxygen atoms in total. The van der Waals surface area contributed by atoms with Crippen molar-refractivity contribution in [2.75, 3.05) is 18.8 Å². The van der Waals surface area contributed by atoms with E-state index in [4.69, 9.17) is 0 Å². The van der Waals surface area contributed by atoms with Crippen molar-refractivity contribution in [1.29, 1.82) is 0 Å². The molecular weight excluding hydrogens is 174 g/mol. The first-order valence-electron chi connectivity index (χ1n) is 4.29. The second kappa shape index (κ2) is 3.44. The Labute approximate surface area is 76.4 Å². The molecule has 0 aromatic carbocycles. The lowest BCUT2D eigenvalue weighted by Crippen LogP contribution is -2.27. The third kappa shape index (κ3) is 1.87. The van der Waals surface area contributed by atoms with Gasteiger partial charge in [0, 0.05) is 24.3 Å². The molecule has 2 atom stereocenters. The molecule has 0 spiro atoms. The SMILES string of the molecule is CCS(=O)N1CC(O)C(C)(C)C1. The van der Waals surface area contributed by atoms with Gasteiger partial charge in [-0.1, -0.05) is 20.8 Å². The summed E-state index contributed by atoms with van der Waals surface area (Å²) in [4.78, 5) is 0. The topological polar surface area (TPSA) is 40.5 Å². The van der Waals surface area contributed by atoms with Crippen molar-refractivity contribution in [1.82, 2.24) is 4.31 Å². The second-order valence-electron chi connectivity index (χ2n) is 3.94. The van der Waals surface area contributed by atoms with Crippen molar-refractivity contribution in [3.05, 3.63) is 0 Å². The molecule has 0 amide bonds. The van der Waals surface area contributed by atoms with Gasteiger partial charge in [0.2, 0.25) is 0 Å². The van der Waals surface area contributed by atoms with Crippen LogP contribution in [0.4, 0.5) is 0 Å². The van der Waals surface area contributed by atoms with Crippen LogP contribution in [-0.2, 0) is 11.0 Å². The van der Waals surface area contributed by atoms with Gasteiger partial charge in [0.1, 0.15) is 0 Å². The van der Waals surface area contributed by atoms with Crippen LogP contribution in [0.3, 0.4) is 0 Å². The van der Waals surface area contributed by atoms with Crippen molar-refractivity contribution < 1.29 is 9.32 Å². The van der Waals surface area contributed by atoms with Crippen molar-refractivity contribution in [3.8, 4) is 0 Å². The summed E-state index contributed by atoms with van der Waals surface area (Å²) in [6.07, 6.45) is -0.340. The first-order valence-corrected chi connectivity index (χ1v) is 5.56. The van der Waals surface area contributed by atoms with E-state index in [9.17, 15) is 9.32 Å². The molecule has 0 bridgehead atoms. The quantitative estimate of drug-likeness (QED) is 0.685. The van der Waals surface area contributed by atoms with Crippen molar-refractivity contribution in [3.63, 3.8) is 0 Å². The number of hydrogen-bond donors (Lipinski definition) is 1. The normalized spacial score (nSPS) is 32.2. The number of β-amino-alcohol motifs (C(OH)–C–C–N with tert-alkyl or cyclic N) is 1. The van der Waals surface area contributed by atoms with Crippen LogP contribution >= 0.6 is 0 Å². The lowest BCUT2D eigenvalue weighted by molar-refractivity contribution is 0.0960. The highest BCUT2D eigenvalue weighted by Gasteiger charge is 2.39. The minimum atomic E-state index is -0.896. The highest BCUT2D eigenvalue weighted by atomic mass is 32.2. The van der Waals surface area contributed by atoms with Crippen molar-refractivity contribution in [2.24, 2.45) is 5.41 Å². The molecule has 0 aliphatic carbocycles. The molecular formula is C8H17NO2S. The van der Waals surface area contributed by atoms with Gasteiger partial charge in [-0.3, -0.25) is 0 Å². The van der Waals surface area contributed by atoms with E-state index in [2.05, 4.69) is 0 Å². The molecule has 1 N–H and O–H groups in total. The van der Waals surface area contributed by atoms with E-state index < -0.39 is 11.0 Å². The third-order valence-corrected chi connectivity index (χ3v) is 3.75. The molecule has 1 heterocycles. The van der Waals surface area contributed by atoms with E-state index in [1.54, 1.807) is 0 Å². The van der Waals surface area contributed by atoms with Crippen LogP contribution in [0, 0.1) is 5.41 Å². The molecule has 2 unspecified atom stereocenters. The predicted octanol–water partition coefficient (Wildman–Crippen LogP) is 0.373. The average Bonchev–Trinajstić information content (AvgIpc) is 2.25. The standard InChI is InChI=1S/C8H17NO2S/c1-4-12(11)9-5-7(10)8(2,3)6-9/h7,10H,4-6H2,1-3H3. The Hall–Kier alpha value is 0.0700. The first kappa shape index (κ1) is 10.2. The summed E-state index contributed by atoms with van der Waals surface area (Å²) in [5.74, 6) is 0.642. The van der Waals surface area contributed by atoms with Crippen LogP contribution < -0.4 is 0 Å². The zero-order chi connectivity index (χ0) is 9.35. The molecule has 0 radical (unpaired) electrons. The van der Waals surface area contributed by atoms with Gasteiger partial charge in [0.25, 0.3) is 0 Å². The minimum absolute atomic E-state index is 0.106. The summed E-state index contributed by atoms with van der Waals surface area (Å²) in [5, 5.41) is 9.60. The van der Waals surface area contributed by atoms with Crippen LogP contribution in [0.1, 0.15) is 20.8 Å².